The van der Waals surface area contributed by atoms with E-state index in [9.17, 15) is 13.2 Å². The van der Waals surface area contributed by atoms with Crippen LogP contribution >= 0.6 is 38.5 Å². The maximum absolute atomic E-state index is 13.2. The number of hydrogen-bond donors (Lipinski definition) is 0. The number of allylic oxidation sites excluding steroid dienone is 1. The Balaban J connectivity index is 2.05. The Morgan fingerprint density at radius 1 is 0.931 bits per heavy atom. The molecule has 3 aromatic carbocycles. The van der Waals surface area contributed by atoms with Crippen molar-refractivity contribution in [3.05, 3.63) is 108 Å². The number of sulfone groups is 1. The van der Waals surface area contributed by atoms with Gasteiger partial charge in [0.1, 0.15) is 4.91 Å². The molecule has 148 valence electrons. The summed E-state index contributed by atoms with van der Waals surface area (Å²) in [5.74, 6) is -0.734. The van der Waals surface area contributed by atoms with E-state index in [1.807, 2.05) is 31.2 Å². The molecule has 0 radical (unpaired) electrons. The number of carbonyl (C=O) groups is 1. The van der Waals surface area contributed by atoms with Gasteiger partial charge in [0.05, 0.1) is 5.75 Å². The minimum Gasteiger partial charge on any atom is -0.288 e. The van der Waals surface area contributed by atoms with Crippen molar-refractivity contribution in [3.8, 4) is 0 Å². The molecule has 3 rings (SSSR count). The second kappa shape index (κ2) is 9.36. The average Bonchev–Trinajstić information content (AvgIpc) is 2.69. The van der Waals surface area contributed by atoms with Crippen molar-refractivity contribution < 1.29 is 13.2 Å². The molecular weight excluding hydrogens is 563 g/mol. The zero-order valence-corrected chi connectivity index (χ0v) is 20.2. The summed E-state index contributed by atoms with van der Waals surface area (Å²) >= 11 is 5.53. The fraction of sp³-hybridized carbons (Fsp3) is 0.0870. The van der Waals surface area contributed by atoms with Crippen LogP contribution in [0.4, 0.5) is 0 Å². The van der Waals surface area contributed by atoms with Gasteiger partial charge in [-0.15, -0.1) is 0 Å². The molecule has 0 spiro atoms. The van der Waals surface area contributed by atoms with Gasteiger partial charge in [-0.3, -0.25) is 4.79 Å². The van der Waals surface area contributed by atoms with Gasteiger partial charge in [-0.2, -0.15) is 0 Å². The standard InChI is InChI=1S/C23H18BrIO3S/c1-16-2-8-19(9-3-16)23(26)22(14-17-4-10-20(24)11-5-17)29(27,28)15-18-6-12-21(25)13-7-18/h2-14H,15H2,1H3/b22-14-. The van der Waals surface area contributed by atoms with Gasteiger partial charge in [-0.05, 0) is 71.0 Å². The highest BCUT2D eigenvalue weighted by Gasteiger charge is 2.26. The lowest BCUT2D eigenvalue weighted by Gasteiger charge is -2.10. The summed E-state index contributed by atoms with van der Waals surface area (Å²) < 4.78 is 28.4. The molecule has 29 heavy (non-hydrogen) atoms. The average molecular weight is 581 g/mol. The first-order valence-electron chi connectivity index (χ1n) is 8.80. The molecule has 3 nitrogen and oxygen atoms in total. The largest absolute Gasteiger partial charge is 0.288 e. The van der Waals surface area contributed by atoms with Crippen LogP contribution < -0.4 is 0 Å². The van der Waals surface area contributed by atoms with E-state index in [1.165, 1.54) is 6.08 Å². The van der Waals surface area contributed by atoms with Gasteiger partial charge in [0, 0.05) is 13.6 Å². The molecule has 0 bridgehead atoms. The van der Waals surface area contributed by atoms with Crippen LogP contribution in [0.5, 0.6) is 0 Å². The van der Waals surface area contributed by atoms with Crippen molar-refractivity contribution in [1.29, 1.82) is 0 Å². The Morgan fingerprint density at radius 2 is 1.52 bits per heavy atom. The summed E-state index contributed by atoms with van der Waals surface area (Å²) in [4.78, 5) is 13.0. The molecule has 0 N–H and O–H groups in total. The normalized spacial score (nSPS) is 12.0. The molecule has 3 aromatic rings. The fourth-order valence-corrected chi connectivity index (χ4v) is 4.86. The molecule has 6 heteroatoms. The first-order valence-corrected chi connectivity index (χ1v) is 12.3. The van der Waals surface area contributed by atoms with Crippen molar-refractivity contribution in [2.45, 2.75) is 12.7 Å². The van der Waals surface area contributed by atoms with E-state index >= 15 is 0 Å². The molecule has 0 aliphatic carbocycles. The topological polar surface area (TPSA) is 51.2 Å². The summed E-state index contributed by atoms with van der Waals surface area (Å²) in [6.45, 7) is 1.92. The number of ketones is 1. The SMILES string of the molecule is Cc1ccc(C(=O)/C(=C/c2ccc(Br)cc2)S(=O)(=O)Cc2ccc(I)cc2)cc1. The van der Waals surface area contributed by atoms with Crippen LogP contribution in [-0.4, -0.2) is 14.2 Å². The Hall–Kier alpha value is -1.77. The Bertz CT molecular complexity index is 1150. The highest BCUT2D eigenvalue weighted by molar-refractivity contribution is 14.1. The maximum atomic E-state index is 13.2. The molecule has 0 heterocycles. The minimum absolute atomic E-state index is 0.206. The third kappa shape index (κ3) is 5.87. The van der Waals surface area contributed by atoms with E-state index in [0.717, 1.165) is 13.6 Å². The molecule has 0 aromatic heterocycles. The van der Waals surface area contributed by atoms with Crippen molar-refractivity contribution in [2.24, 2.45) is 0 Å². The quantitative estimate of drug-likeness (QED) is 0.198. The molecule has 0 atom stereocenters. The van der Waals surface area contributed by atoms with Crippen LogP contribution in [0.3, 0.4) is 0 Å². The number of aryl methyl sites for hydroxylation is 1. The Labute approximate surface area is 193 Å². The van der Waals surface area contributed by atoms with E-state index in [0.29, 0.717) is 16.7 Å². The number of Topliss-reactive ketones (excluding diaryl/α,β-unsaturated/α-hetero) is 1. The molecule has 0 fully saturated rings. The van der Waals surface area contributed by atoms with Crippen LogP contribution in [0, 0.1) is 10.5 Å². The Kier molecular flexibility index (Phi) is 7.08. The molecule has 0 saturated carbocycles. The smallest absolute Gasteiger partial charge is 0.204 e. The van der Waals surface area contributed by atoms with Crippen molar-refractivity contribution >= 4 is 60.2 Å². The zero-order valence-electron chi connectivity index (χ0n) is 15.6. The van der Waals surface area contributed by atoms with Gasteiger partial charge >= 0.3 is 0 Å². The van der Waals surface area contributed by atoms with Crippen LogP contribution in [-0.2, 0) is 15.6 Å². The lowest BCUT2D eigenvalue weighted by atomic mass is 10.1. The summed E-state index contributed by atoms with van der Waals surface area (Å²) in [6.07, 6.45) is 1.46. The van der Waals surface area contributed by atoms with E-state index in [4.69, 9.17) is 0 Å². The second-order valence-corrected chi connectivity index (χ2v) is 10.8. The van der Waals surface area contributed by atoms with Gasteiger partial charge in [0.2, 0.25) is 5.78 Å². The first kappa shape index (κ1) is 21.9. The zero-order chi connectivity index (χ0) is 21.0. The van der Waals surface area contributed by atoms with Gasteiger partial charge in [-0.1, -0.05) is 70.0 Å². The summed E-state index contributed by atoms with van der Waals surface area (Å²) in [6, 6.07) is 21.3. The fourth-order valence-electron chi connectivity index (χ4n) is 2.73. The number of halogens is 2. The number of hydrogen-bond acceptors (Lipinski definition) is 3. The summed E-state index contributed by atoms with van der Waals surface area (Å²) in [5, 5.41) is 0. The van der Waals surface area contributed by atoms with Crippen molar-refractivity contribution in [3.63, 3.8) is 0 Å². The number of rotatable bonds is 6. The van der Waals surface area contributed by atoms with Crippen LogP contribution in [0.2, 0.25) is 0 Å². The summed E-state index contributed by atoms with van der Waals surface area (Å²) in [7, 11) is -3.86. The lowest BCUT2D eigenvalue weighted by molar-refractivity contribution is 0.104. The van der Waals surface area contributed by atoms with Gasteiger partial charge in [0.15, 0.2) is 9.84 Å². The third-order valence-corrected chi connectivity index (χ3v) is 7.24. The molecule has 0 unspecified atom stereocenters. The third-order valence-electron chi connectivity index (χ3n) is 4.31. The highest BCUT2D eigenvalue weighted by atomic mass is 127. The number of benzene rings is 3. The molecule has 0 aliphatic heterocycles. The molecule has 0 aliphatic rings. The van der Waals surface area contributed by atoms with E-state index in [1.54, 1.807) is 48.5 Å². The van der Waals surface area contributed by atoms with E-state index < -0.39 is 15.6 Å². The predicted octanol–water partition coefficient (Wildman–Crippen LogP) is 6.20. The van der Waals surface area contributed by atoms with Crippen LogP contribution in [0.1, 0.15) is 27.0 Å². The molecule has 0 amide bonds. The second-order valence-electron chi connectivity index (χ2n) is 6.64. The van der Waals surface area contributed by atoms with Crippen molar-refractivity contribution in [1.82, 2.24) is 0 Å². The predicted molar refractivity (Wildman–Crippen MR) is 129 cm³/mol. The van der Waals surface area contributed by atoms with Gasteiger partial charge in [-0.25, -0.2) is 8.42 Å². The molecule has 0 saturated heterocycles. The van der Waals surface area contributed by atoms with Gasteiger partial charge < -0.3 is 0 Å². The van der Waals surface area contributed by atoms with E-state index in [-0.39, 0.29) is 10.7 Å². The summed E-state index contributed by atoms with van der Waals surface area (Å²) in [5.41, 5.74) is 2.64. The van der Waals surface area contributed by atoms with Crippen LogP contribution in [0.15, 0.2) is 82.2 Å². The van der Waals surface area contributed by atoms with Gasteiger partial charge in [0.25, 0.3) is 0 Å². The lowest BCUT2D eigenvalue weighted by Crippen LogP contribution is -2.16. The minimum atomic E-state index is -3.86. The maximum Gasteiger partial charge on any atom is 0.204 e. The monoisotopic (exact) mass is 580 g/mol. The van der Waals surface area contributed by atoms with Crippen molar-refractivity contribution in [2.75, 3.05) is 0 Å². The first-order chi connectivity index (χ1) is 13.7. The van der Waals surface area contributed by atoms with Crippen LogP contribution in [0.25, 0.3) is 6.08 Å². The molecular formula is C23H18BrIO3S. The van der Waals surface area contributed by atoms with E-state index in [2.05, 4.69) is 38.5 Å². The highest BCUT2D eigenvalue weighted by Crippen LogP contribution is 2.23. The number of carbonyl (C=O) groups excluding carboxylic acids is 1. The Morgan fingerprint density at radius 3 is 2.10 bits per heavy atom.